The number of nitrogens with one attached hydrogen (secondary N) is 1. The number of phosphoric ester groups is 1. The molecule has 0 aliphatic rings. The summed E-state index contributed by atoms with van der Waals surface area (Å²) in [5.74, 6) is -0.178. The van der Waals surface area contributed by atoms with Crippen LogP contribution in [0.3, 0.4) is 0 Å². The van der Waals surface area contributed by atoms with E-state index in [1.165, 1.54) is 116 Å². The third kappa shape index (κ3) is 53.3. The average molecular weight is 986 g/mol. The molecule has 0 spiro atoms. The number of unbranched alkanes of at least 4 members (excludes halogenated alkanes) is 24. The molecule has 2 N–H and O–H groups in total. The van der Waals surface area contributed by atoms with Crippen molar-refractivity contribution in [2.24, 2.45) is 0 Å². The second-order valence-electron chi connectivity index (χ2n) is 20.3. The molecule has 0 aromatic rings. The third-order valence-electron chi connectivity index (χ3n) is 12.4. The number of nitrogens with zero attached hydrogens (tertiary/aromatic N) is 1. The Balaban J connectivity index is 4.23. The van der Waals surface area contributed by atoms with Crippen LogP contribution in [0.5, 0.6) is 0 Å². The van der Waals surface area contributed by atoms with Crippen molar-refractivity contribution in [2.45, 2.75) is 251 Å². The molecule has 9 heteroatoms. The monoisotopic (exact) mass is 985 g/mol. The van der Waals surface area contributed by atoms with Crippen LogP contribution >= 0.6 is 7.82 Å². The Hall–Kier alpha value is -2.32. The number of amides is 1. The van der Waals surface area contributed by atoms with Crippen molar-refractivity contribution in [3.05, 3.63) is 85.1 Å². The Bertz CT molecular complexity index is 1400. The van der Waals surface area contributed by atoms with Crippen molar-refractivity contribution < 1.29 is 32.9 Å². The molecular formula is C60H109N2O6P. The highest BCUT2D eigenvalue weighted by atomic mass is 31.2. The first-order chi connectivity index (χ1) is 33.5. The number of carbonyl (C=O) groups excluding carboxylic acids is 1. The lowest BCUT2D eigenvalue weighted by molar-refractivity contribution is -0.870. The highest BCUT2D eigenvalue weighted by Crippen LogP contribution is 2.38. The van der Waals surface area contributed by atoms with Crippen molar-refractivity contribution in [3.8, 4) is 0 Å². The quantitative estimate of drug-likeness (QED) is 0.0272. The van der Waals surface area contributed by atoms with Gasteiger partial charge in [-0.2, -0.15) is 0 Å². The maximum atomic E-state index is 13.0. The van der Waals surface area contributed by atoms with Crippen molar-refractivity contribution in [3.63, 3.8) is 0 Å². The largest absolute Gasteiger partial charge is 0.756 e. The van der Waals surface area contributed by atoms with Gasteiger partial charge in [-0.1, -0.05) is 247 Å². The van der Waals surface area contributed by atoms with Gasteiger partial charge in [-0.05, 0) is 70.6 Å². The third-order valence-corrected chi connectivity index (χ3v) is 13.4. The molecule has 0 aliphatic carbocycles. The lowest BCUT2D eigenvalue weighted by Gasteiger charge is -2.30. The van der Waals surface area contributed by atoms with E-state index in [-0.39, 0.29) is 19.1 Å². The van der Waals surface area contributed by atoms with Crippen molar-refractivity contribution >= 4 is 13.7 Å². The fraction of sp³-hybridized carbons (Fsp3) is 0.750. The molecule has 0 heterocycles. The van der Waals surface area contributed by atoms with E-state index in [0.717, 1.165) is 96.3 Å². The first-order valence-corrected chi connectivity index (χ1v) is 29.9. The van der Waals surface area contributed by atoms with Gasteiger partial charge in [0, 0.05) is 6.42 Å². The minimum atomic E-state index is -4.58. The molecule has 0 aliphatic heterocycles. The van der Waals surface area contributed by atoms with Crippen LogP contribution in [0.4, 0.5) is 0 Å². The van der Waals surface area contributed by atoms with E-state index < -0.39 is 20.0 Å². The van der Waals surface area contributed by atoms with Gasteiger partial charge >= 0.3 is 0 Å². The maximum absolute atomic E-state index is 13.0. The molecule has 0 saturated heterocycles. The molecule has 3 unspecified atom stereocenters. The van der Waals surface area contributed by atoms with E-state index >= 15 is 0 Å². The molecular weight excluding hydrogens is 876 g/mol. The average Bonchev–Trinajstić information content (AvgIpc) is 3.31. The van der Waals surface area contributed by atoms with Gasteiger partial charge in [0.1, 0.15) is 13.2 Å². The van der Waals surface area contributed by atoms with Gasteiger partial charge < -0.3 is 28.8 Å². The lowest BCUT2D eigenvalue weighted by Crippen LogP contribution is -2.46. The molecule has 0 fully saturated rings. The number of quaternary nitrogens is 1. The van der Waals surface area contributed by atoms with Crippen LogP contribution in [0.2, 0.25) is 0 Å². The standard InChI is InChI=1S/C60H109N2O6P/c1-6-8-10-12-14-16-18-20-22-24-26-27-28-29-30-31-32-33-34-35-36-38-40-42-44-46-48-50-52-54-60(64)61-58(57-68-69(65,66)67-56-55-62(3,4)5)59(63)53-51-49-47-45-43-41-39-37-25-23-21-19-17-15-13-11-9-7-2/h8,10,14,16,20,22,26-27,29-30,32-33,35-36,58-59,63H,6-7,9,11-13,15,17-19,21,23-25,28,31,34,37-57H2,1-5H3,(H-,61,64,65,66)/b10-8-,16-14-,22-20-,27-26-,30-29-,33-32-,36-35-. The predicted octanol–water partition coefficient (Wildman–Crippen LogP) is 16.6. The normalized spacial score (nSPS) is 14.6. The number of carbonyl (C=O) groups is 1. The van der Waals surface area contributed by atoms with Gasteiger partial charge in [0.25, 0.3) is 7.82 Å². The van der Waals surface area contributed by atoms with Gasteiger partial charge in [0.2, 0.25) is 5.91 Å². The zero-order chi connectivity index (χ0) is 50.6. The number of phosphoric acid groups is 1. The van der Waals surface area contributed by atoms with Crippen molar-refractivity contribution in [1.29, 1.82) is 0 Å². The topological polar surface area (TPSA) is 108 Å². The highest BCUT2D eigenvalue weighted by Gasteiger charge is 2.24. The molecule has 0 aromatic carbocycles. The zero-order valence-electron chi connectivity index (χ0n) is 45.5. The minimum Gasteiger partial charge on any atom is -0.756 e. The number of hydrogen-bond acceptors (Lipinski definition) is 6. The molecule has 69 heavy (non-hydrogen) atoms. The van der Waals surface area contributed by atoms with Gasteiger partial charge in [-0.15, -0.1) is 0 Å². The highest BCUT2D eigenvalue weighted by molar-refractivity contribution is 7.45. The molecule has 400 valence electrons. The summed E-state index contributed by atoms with van der Waals surface area (Å²) in [5.41, 5.74) is 0. The Morgan fingerprint density at radius 2 is 0.884 bits per heavy atom. The summed E-state index contributed by atoms with van der Waals surface area (Å²) in [6.45, 7) is 4.61. The number of aliphatic hydroxyl groups excluding tert-OH is 1. The first kappa shape index (κ1) is 66.7. The molecule has 3 atom stereocenters. The Morgan fingerprint density at radius 3 is 1.29 bits per heavy atom. The van der Waals surface area contributed by atoms with Crippen LogP contribution in [0, 0.1) is 0 Å². The summed E-state index contributed by atoms with van der Waals surface area (Å²) in [5, 5.41) is 14.0. The van der Waals surface area contributed by atoms with Crippen molar-refractivity contribution in [1.82, 2.24) is 5.32 Å². The van der Waals surface area contributed by atoms with E-state index in [1.54, 1.807) is 0 Å². The van der Waals surface area contributed by atoms with Gasteiger partial charge in [0.05, 0.1) is 39.9 Å². The number of rotatable bonds is 51. The van der Waals surface area contributed by atoms with E-state index in [0.29, 0.717) is 23.9 Å². The van der Waals surface area contributed by atoms with Crippen LogP contribution in [0.15, 0.2) is 85.1 Å². The van der Waals surface area contributed by atoms with Crippen LogP contribution in [0.25, 0.3) is 0 Å². The fourth-order valence-electron chi connectivity index (χ4n) is 7.96. The smallest absolute Gasteiger partial charge is 0.268 e. The van der Waals surface area contributed by atoms with Gasteiger partial charge in [-0.3, -0.25) is 9.36 Å². The molecule has 0 saturated carbocycles. The summed E-state index contributed by atoms with van der Waals surface area (Å²) >= 11 is 0. The maximum Gasteiger partial charge on any atom is 0.268 e. The number of hydrogen-bond donors (Lipinski definition) is 2. The first-order valence-electron chi connectivity index (χ1n) is 28.4. The van der Waals surface area contributed by atoms with Gasteiger partial charge in [0.15, 0.2) is 0 Å². The second-order valence-corrected chi connectivity index (χ2v) is 21.7. The number of allylic oxidation sites excluding steroid dienone is 14. The van der Waals surface area contributed by atoms with Crippen molar-refractivity contribution in [2.75, 3.05) is 40.9 Å². The Labute approximate surface area is 426 Å². The SMILES string of the molecule is CC/C=C\C/C=C\C/C=C\C/C=C\C/C=C\C/C=C\C/C=C\CCCCCCCCCC(=O)NC(COP(=O)([O-])OCC[N+](C)(C)C)C(O)CCCCCCCCCCCCCCCCCCCC. The molecule has 1 amide bonds. The fourth-order valence-corrected chi connectivity index (χ4v) is 8.68. The molecule has 0 radical (unpaired) electrons. The second kappa shape index (κ2) is 50.6. The zero-order valence-corrected chi connectivity index (χ0v) is 46.4. The van der Waals surface area contributed by atoms with E-state index in [9.17, 15) is 19.4 Å². The van der Waals surface area contributed by atoms with Crippen LogP contribution in [-0.4, -0.2) is 68.5 Å². The van der Waals surface area contributed by atoms with Gasteiger partial charge in [-0.25, -0.2) is 0 Å². The molecule has 0 aromatic heterocycles. The number of likely N-dealkylation sites (N-methyl/N-ethyl adjacent to an activating group) is 1. The minimum absolute atomic E-state index is 0.00590. The predicted molar refractivity (Wildman–Crippen MR) is 297 cm³/mol. The van der Waals surface area contributed by atoms with Crippen LogP contribution in [-0.2, 0) is 18.4 Å². The van der Waals surface area contributed by atoms with E-state index in [1.807, 2.05) is 21.1 Å². The van der Waals surface area contributed by atoms with E-state index in [2.05, 4.69) is 104 Å². The summed E-state index contributed by atoms with van der Waals surface area (Å²) < 4.78 is 23.4. The van der Waals surface area contributed by atoms with Crippen LogP contribution < -0.4 is 10.2 Å². The summed E-state index contributed by atoms with van der Waals surface area (Å²) in [6.07, 6.45) is 70.3. The summed E-state index contributed by atoms with van der Waals surface area (Å²) in [7, 11) is 1.29. The Kier molecular flexibility index (Phi) is 48.9. The lowest BCUT2D eigenvalue weighted by atomic mass is 10.0. The molecule has 0 rings (SSSR count). The van der Waals surface area contributed by atoms with E-state index in [4.69, 9.17) is 9.05 Å². The Morgan fingerprint density at radius 1 is 0.522 bits per heavy atom. The number of aliphatic hydroxyl groups is 1. The summed E-state index contributed by atoms with van der Waals surface area (Å²) in [4.78, 5) is 25.5. The van der Waals surface area contributed by atoms with Crippen LogP contribution in [0.1, 0.15) is 239 Å². The molecule has 0 bridgehead atoms. The summed E-state index contributed by atoms with van der Waals surface area (Å²) in [6, 6.07) is -0.813. The molecule has 8 nitrogen and oxygen atoms in total.